The first-order valence-corrected chi connectivity index (χ1v) is 12.4. The van der Waals surface area contributed by atoms with Crippen LogP contribution in [0.15, 0.2) is 18.2 Å². The van der Waals surface area contributed by atoms with E-state index >= 15 is 0 Å². The molecule has 0 aromatic heterocycles. The molecule has 138 valence electrons. The van der Waals surface area contributed by atoms with Crippen LogP contribution >= 0.6 is 23.2 Å². The number of hydrogen-bond acceptors (Lipinski definition) is 3. The Morgan fingerprint density at radius 3 is 2.24 bits per heavy atom. The average molecular weight is 401 g/mol. The van der Waals surface area contributed by atoms with Crippen LogP contribution in [0.25, 0.3) is 0 Å². The molecule has 0 heterocycles. The Hall–Kier alpha value is -1.22. The molecule has 4 nitrogen and oxygen atoms in total. The predicted molar refractivity (Wildman–Crippen MR) is 106 cm³/mol. The summed E-state index contributed by atoms with van der Waals surface area (Å²) in [5.74, 6) is 0.174. The van der Waals surface area contributed by atoms with Gasteiger partial charge in [-0.3, -0.25) is 4.79 Å². The number of carbonyl (C=O) groups excluding carboxylic acids is 1. The van der Waals surface area contributed by atoms with Crippen LogP contribution in [0, 0.1) is 17.2 Å². The summed E-state index contributed by atoms with van der Waals surface area (Å²) >= 11 is 12.0. The van der Waals surface area contributed by atoms with Crippen molar-refractivity contribution >= 4 is 37.3 Å². The zero-order valence-electron chi connectivity index (χ0n) is 15.9. The summed E-state index contributed by atoms with van der Waals surface area (Å²) in [6.45, 7) is 13.5. The van der Waals surface area contributed by atoms with Crippen LogP contribution in [0.1, 0.15) is 27.7 Å². The van der Waals surface area contributed by atoms with E-state index in [9.17, 15) is 10.1 Å². The summed E-state index contributed by atoms with van der Waals surface area (Å²) in [5.41, 5.74) is -0.900. The zero-order valence-corrected chi connectivity index (χ0v) is 18.4. The second kappa shape index (κ2) is 7.99. The molecule has 0 saturated heterocycles. The van der Waals surface area contributed by atoms with Gasteiger partial charge < -0.3 is 9.30 Å². The van der Waals surface area contributed by atoms with Crippen molar-refractivity contribution < 1.29 is 9.53 Å². The standard InChI is InChI=1S/C18H26Cl2N2O2Si/c1-12(2)18(4,11-21)22(25(5,6)7)17(23)13(3)24-16-9-8-14(19)10-15(16)20/h8-10,12-13H,1-7H3. The first kappa shape index (κ1) is 21.8. The minimum absolute atomic E-state index is 0.0144. The van der Waals surface area contributed by atoms with E-state index in [2.05, 4.69) is 6.07 Å². The van der Waals surface area contributed by atoms with Gasteiger partial charge in [-0.1, -0.05) is 56.7 Å². The molecule has 0 N–H and O–H groups in total. The van der Waals surface area contributed by atoms with E-state index in [1.165, 1.54) is 0 Å². The van der Waals surface area contributed by atoms with Crippen LogP contribution in [0.4, 0.5) is 0 Å². The van der Waals surface area contributed by atoms with Crippen LogP contribution in [0.5, 0.6) is 5.75 Å². The van der Waals surface area contributed by atoms with Gasteiger partial charge in [0.15, 0.2) is 14.3 Å². The number of carbonyl (C=O) groups is 1. The fraction of sp³-hybridized carbons (Fsp3) is 0.556. The fourth-order valence-electron chi connectivity index (χ4n) is 2.69. The highest BCUT2D eigenvalue weighted by Crippen LogP contribution is 2.32. The summed E-state index contributed by atoms with van der Waals surface area (Å²) in [5, 5.41) is 10.6. The van der Waals surface area contributed by atoms with Gasteiger partial charge in [0, 0.05) is 5.02 Å². The molecule has 1 amide bonds. The lowest BCUT2D eigenvalue weighted by molar-refractivity contribution is -0.137. The normalized spacial score (nSPS) is 15.2. The topological polar surface area (TPSA) is 53.3 Å². The monoisotopic (exact) mass is 400 g/mol. The van der Waals surface area contributed by atoms with Crippen molar-refractivity contribution in [3.8, 4) is 11.8 Å². The van der Waals surface area contributed by atoms with Crippen molar-refractivity contribution in [3.63, 3.8) is 0 Å². The molecule has 0 bridgehead atoms. The van der Waals surface area contributed by atoms with Crippen molar-refractivity contribution in [2.75, 3.05) is 0 Å². The number of benzene rings is 1. The first-order chi connectivity index (χ1) is 11.3. The van der Waals surface area contributed by atoms with Gasteiger partial charge in [0.1, 0.15) is 11.3 Å². The summed E-state index contributed by atoms with van der Waals surface area (Å²) < 4.78 is 7.54. The molecule has 0 aliphatic rings. The molecule has 2 atom stereocenters. The minimum atomic E-state index is -2.14. The fourth-order valence-corrected chi connectivity index (χ4v) is 5.68. The number of nitriles is 1. The van der Waals surface area contributed by atoms with E-state index < -0.39 is 19.9 Å². The van der Waals surface area contributed by atoms with Gasteiger partial charge in [-0.05, 0) is 38.0 Å². The van der Waals surface area contributed by atoms with Crippen molar-refractivity contribution in [1.82, 2.24) is 4.57 Å². The van der Waals surface area contributed by atoms with Crippen molar-refractivity contribution in [2.24, 2.45) is 5.92 Å². The largest absolute Gasteiger partial charge is 0.479 e. The third-order valence-electron chi connectivity index (χ3n) is 4.25. The molecule has 1 rings (SSSR count). The molecule has 0 aliphatic carbocycles. The predicted octanol–water partition coefficient (Wildman–Crippen LogP) is 5.36. The van der Waals surface area contributed by atoms with Crippen LogP contribution in [0.3, 0.4) is 0 Å². The highest BCUT2D eigenvalue weighted by atomic mass is 35.5. The quantitative estimate of drug-likeness (QED) is 0.603. The number of halogens is 2. The lowest BCUT2D eigenvalue weighted by Crippen LogP contribution is -2.65. The lowest BCUT2D eigenvalue weighted by atomic mass is 9.89. The van der Waals surface area contributed by atoms with Crippen molar-refractivity contribution in [3.05, 3.63) is 28.2 Å². The van der Waals surface area contributed by atoms with E-state index in [1.54, 1.807) is 29.7 Å². The van der Waals surface area contributed by atoms with E-state index in [0.717, 1.165) is 0 Å². The van der Waals surface area contributed by atoms with Crippen LogP contribution in [-0.2, 0) is 4.79 Å². The lowest BCUT2D eigenvalue weighted by Gasteiger charge is -2.47. The van der Waals surface area contributed by atoms with E-state index in [4.69, 9.17) is 27.9 Å². The maximum Gasteiger partial charge on any atom is 0.256 e. The molecule has 1 aromatic carbocycles. The Morgan fingerprint density at radius 2 is 1.84 bits per heavy atom. The Kier molecular flexibility index (Phi) is 6.97. The second-order valence-corrected chi connectivity index (χ2v) is 13.2. The minimum Gasteiger partial charge on any atom is -0.479 e. The van der Waals surface area contributed by atoms with E-state index in [1.807, 2.05) is 40.4 Å². The van der Waals surface area contributed by atoms with Crippen molar-refractivity contribution in [1.29, 1.82) is 5.26 Å². The molecule has 7 heteroatoms. The molecule has 0 saturated carbocycles. The Bertz CT molecular complexity index is 683. The highest BCUT2D eigenvalue weighted by Gasteiger charge is 2.46. The molecule has 0 fully saturated rings. The highest BCUT2D eigenvalue weighted by molar-refractivity contribution is 6.75. The van der Waals surface area contributed by atoms with Crippen LogP contribution in [-0.4, -0.2) is 30.4 Å². The Balaban J connectivity index is 3.20. The van der Waals surface area contributed by atoms with E-state index in [-0.39, 0.29) is 11.8 Å². The maximum atomic E-state index is 13.2. The summed E-state index contributed by atoms with van der Waals surface area (Å²) in [7, 11) is -2.14. The Morgan fingerprint density at radius 1 is 1.28 bits per heavy atom. The number of hydrogen-bond donors (Lipinski definition) is 0. The number of ether oxygens (including phenoxy) is 1. The van der Waals surface area contributed by atoms with Gasteiger partial charge in [-0.2, -0.15) is 5.26 Å². The number of rotatable bonds is 6. The average Bonchev–Trinajstić information content (AvgIpc) is 2.48. The molecular weight excluding hydrogens is 375 g/mol. The third-order valence-corrected chi connectivity index (χ3v) is 6.81. The van der Waals surface area contributed by atoms with E-state index in [0.29, 0.717) is 15.8 Å². The van der Waals surface area contributed by atoms with Crippen LogP contribution < -0.4 is 4.74 Å². The Labute approximate surface area is 161 Å². The molecule has 0 spiro atoms. The second-order valence-electron chi connectivity index (χ2n) is 7.59. The van der Waals surface area contributed by atoms with Gasteiger partial charge in [0.25, 0.3) is 5.91 Å². The molecule has 2 unspecified atom stereocenters. The molecule has 0 radical (unpaired) electrons. The molecular formula is C18H26Cl2N2O2Si. The number of nitrogens with zero attached hydrogens (tertiary/aromatic N) is 2. The van der Waals surface area contributed by atoms with Gasteiger partial charge in [-0.25, -0.2) is 0 Å². The smallest absolute Gasteiger partial charge is 0.256 e. The maximum absolute atomic E-state index is 13.2. The van der Waals surface area contributed by atoms with Crippen molar-refractivity contribution in [2.45, 2.75) is 59.0 Å². The van der Waals surface area contributed by atoms with Gasteiger partial charge in [0.05, 0.1) is 11.1 Å². The summed E-state index contributed by atoms with van der Waals surface area (Å²) in [4.78, 5) is 13.2. The molecule has 0 aliphatic heterocycles. The van der Waals surface area contributed by atoms with Gasteiger partial charge in [-0.15, -0.1) is 0 Å². The molecule has 1 aromatic rings. The van der Waals surface area contributed by atoms with Gasteiger partial charge >= 0.3 is 0 Å². The summed E-state index contributed by atoms with van der Waals surface area (Å²) in [6.07, 6.45) is -0.767. The van der Waals surface area contributed by atoms with Gasteiger partial charge in [0.2, 0.25) is 0 Å². The zero-order chi connectivity index (χ0) is 19.6. The summed E-state index contributed by atoms with van der Waals surface area (Å²) in [6, 6.07) is 7.21. The first-order valence-electron chi connectivity index (χ1n) is 8.21. The molecule has 25 heavy (non-hydrogen) atoms. The number of amides is 1. The SMILES string of the molecule is CC(Oc1ccc(Cl)cc1Cl)C(=O)N(C(C)(C#N)C(C)C)[Si](C)(C)C. The van der Waals surface area contributed by atoms with Crippen LogP contribution in [0.2, 0.25) is 29.7 Å². The third kappa shape index (κ3) is 4.90.